The van der Waals surface area contributed by atoms with Gasteiger partial charge in [-0.15, -0.1) is 0 Å². The van der Waals surface area contributed by atoms with Crippen LogP contribution in [0, 0.1) is 5.82 Å². The number of alkyl carbamates (subject to hydrolysis) is 1. The van der Waals surface area contributed by atoms with Crippen LogP contribution < -0.4 is 10.6 Å². The minimum atomic E-state index is -0.808. The SMILES string of the molecule is CC(C)(C)OC(=O)N[C@H]1c2ccccc2C[C@@H]1NC(=O)C1(c2ccc(F)cc2)CCOCC1. The van der Waals surface area contributed by atoms with E-state index < -0.39 is 23.2 Å². The molecule has 2 aromatic carbocycles. The van der Waals surface area contributed by atoms with E-state index in [2.05, 4.69) is 10.6 Å². The first kappa shape index (κ1) is 23.2. The van der Waals surface area contributed by atoms with Gasteiger partial charge >= 0.3 is 6.09 Å². The first-order chi connectivity index (χ1) is 15.7. The number of carbonyl (C=O) groups excluding carboxylic acids is 2. The normalized spacial score (nSPS) is 21.7. The predicted octanol–water partition coefficient (Wildman–Crippen LogP) is 4.18. The lowest BCUT2D eigenvalue weighted by Gasteiger charge is -2.38. The number of amides is 2. The van der Waals surface area contributed by atoms with Gasteiger partial charge in [0.05, 0.1) is 17.5 Å². The van der Waals surface area contributed by atoms with Gasteiger partial charge in [-0.05, 0) is 68.9 Å². The van der Waals surface area contributed by atoms with Crippen LogP contribution >= 0.6 is 0 Å². The zero-order chi connectivity index (χ0) is 23.6. The van der Waals surface area contributed by atoms with Gasteiger partial charge in [0, 0.05) is 13.2 Å². The topological polar surface area (TPSA) is 76.7 Å². The van der Waals surface area contributed by atoms with Gasteiger partial charge in [0.15, 0.2) is 0 Å². The molecule has 2 aliphatic rings. The molecule has 176 valence electrons. The molecule has 7 heteroatoms. The van der Waals surface area contributed by atoms with Crippen LogP contribution in [0.1, 0.15) is 56.3 Å². The molecule has 1 saturated heterocycles. The van der Waals surface area contributed by atoms with E-state index in [0.29, 0.717) is 32.5 Å². The molecule has 4 rings (SSSR count). The van der Waals surface area contributed by atoms with Crippen molar-refractivity contribution >= 4 is 12.0 Å². The van der Waals surface area contributed by atoms with Gasteiger partial charge in [-0.3, -0.25) is 4.79 Å². The highest BCUT2D eigenvalue weighted by molar-refractivity contribution is 5.89. The van der Waals surface area contributed by atoms with Gasteiger partial charge in [-0.25, -0.2) is 9.18 Å². The number of rotatable bonds is 4. The van der Waals surface area contributed by atoms with E-state index in [1.165, 1.54) is 12.1 Å². The molecule has 1 heterocycles. The van der Waals surface area contributed by atoms with Crippen molar-refractivity contribution in [1.82, 2.24) is 10.6 Å². The van der Waals surface area contributed by atoms with Gasteiger partial charge in [0.25, 0.3) is 0 Å². The molecule has 1 fully saturated rings. The van der Waals surface area contributed by atoms with E-state index in [-0.39, 0.29) is 17.8 Å². The number of fused-ring (bicyclic) bond motifs is 1. The first-order valence-corrected chi connectivity index (χ1v) is 11.4. The third kappa shape index (κ3) is 5.03. The van der Waals surface area contributed by atoms with E-state index in [4.69, 9.17) is 9.47 Å². The van der Waals surface area contributed by atoms with Crippen molar-refractivity contribution in [3.8, 4) is 0 Å². The van der Waals surface area contributed by atoms with Gasteiger partial charge in [0.1, 0.15) is 11.4 Å². The van der Waals surface area contributed by atoms with Crippen molar-refractivity contribution in [3.63, 3.8) is 0 Å². The van der Waals surface area contributed by atoms with Crippen molar-refractivity contribution in [1.29, 1.82) is 0 Å². The Bertz CT molecular complexity index is 1010. The molecule has 1 aliphatic carbocycles. The van der Waals surface area contributed by atoms with Gasteiger partial charge in [0.2, 0.25) is 5.91 Å². The number of halogens is 1. The molecule has 0 spiro atoms. The summed E-state index contributed by atoms with van der Waals surface area (Å²) in [4.78, 5) is 26.3. The molecule has 0 saturated carbocycles. The fourth-order valence-electron chi connectivity index (χ4n) is 4.78. The summed E-state index contributed by atoms with van der Waals surface area (Å²) in [5.41, 5.74) is 1.38. The Morgan fingerprint density at radius 1 is 1.03 bits per heavy atom. The molecule has 1 aliphatic heterocycles. The van der Waals surface area contributed by atoms with Gasteiger partial charge in [-0.1, -0.05) is 36.4 Å². The number of nitrogens with one attached hydrogen (secondary N) is 2. The third-order valence-corrected chi connectivity index (χ3v) is 6.40. The van der Waals surface area contributed by atoms with Crippen molar-refractivity contribution in [2.45, 2.75) is 63.1 Å². The Morgan fingerprint density at radius 3 is 2.36 bits per heavy atom. The second-order valence-corrected chi connectivity index (χ2v) is 9.81. The van der Waals surface area contributed by atoms with E-state index in [1.54, 1.807) is 12.1 Å². The smallest absolute Gasteiger partial charge is 0.408 e. The molecule has 6 nitrogen and oxygen atoms in total. The maximum atomic E-state index is 13.8. The molecule has 33 heavy (non-hydrogen) atoms. The molecule has 0 aromatic heterocycles. The van der Waals surface area contributed by atoms with Crippen LogP contribution in [0.4, 0.5) is 9.18 Å². The summed E-state index contributed by atoms with van der Waals surface area (Å²) in [6.07, 6.45) is 1.09. The van der Waals surface area contributed by atoms with E-state index >= 15 is 0 Å². The van der Waals surface area contributed by atoms with Crippen LogP contribution in [0.25, 0.3) is 0 Å². The van der Waals surface area contributed by atoms with Crippen LogP contribution in [0.2, 0.25) is 0 Å². The number of benzene rings is 2. The molecular formula is C26H31FN2O4. The Morgan fingerprint density at radius 2 is 1.70 bits per heavy atom. The third-order valence-electron chi connectivity index (χ3n) is 6.40. The van der Waals surface area contributed by atoms with Crippen molar-refractivity contribution in [2.75, 3.05) is 13.2 Å². The molecule has 2 amide bonds. The summed E-state index contributed by atoms with van der Waals surface area (Å²) in [7, 11) is 0. The van der Waals surface area contributed by atoms with Crippen LogP contribution in [0.3, 0.4) is 0 Å². The minimum absolute atomic E-state index is 0.133. The lowest BCUT2D eigenvalue weighted by molar-refractivity contribution is -0.131. The fraction of sp³-hybridized carbons (Fsp3) is 0.462. The van der Waals surface area contributed by atoms with E-state index in [9.17, 15) is 14.0 Å². The standard InChI is InChI=1S/C26H31FN2O4/c1-25(2,3)33-24(31)29-22-20-7-5-4-6-17(20)16-21(22)28-23(30)26(12-14-32-15-13-26)18-8-10-19(27)11-9-18/h4-11,21-22H,12-16H2,1-3H3,(H,28,30)(H,29,31)/t21-,22-/m0/s1. The largest absolute Gasteiger partial charge is 0.444 e. The Hall–Kier alpha value is -2.93. The lowest BCUT2D eigenvalue weighted by atomic mass is 9.73. The zero-order valence-electron chi connectivity index (χ0n) is 19.3. The summed E-state index contributed by atoms with van der Waals surface area (Å²) >= 11 is 0. The zero-order valence-corrected chi connectivity index (χ0v) is 19.3. The highest BCUT2D eigenvalue weighted by Crippen LogP contribution is 2.37. The van der Waals surface area contributed by atoms with Crippen molar-refractivity contribution in [3.05, 3.63) is 71.0 Å². The molecule has 0 radical (unpaired) electrons. The second kappa shape index (κ2) is 9.14. The van der Waals surface area contributed by atoms with E-state index in [0.717, 1.165) is 16.7 Å². The number of hydrogen-bond acceptors (Lipinski definition) is 4. The summed E-state index contributed by atoms with van der Waals surface area (Å²) in [5.74, 6) is -0.472. The van der Waals surface area contributed by atoms with Crippen LogP contribution in [0.5, 0.6) is 0 Å². The Labute approximate surface area is 193 Å². The van der Waals surface area contributed by atoms with Crippen LogP contribution in [-0.4, -0.2) is 36.9 Å². The maximum absolute atomic E-state index is 13.8. The summed E-state index contributed by atoms with van der Waals surface area (Å²) < 4.78 is 24.6. The minimum Gasteiger partial charge on any atom is -0.444 e. The highest BCUT2D eigenvalue weighted by atomic mass is 19.1. The first-order valence-electron chi connectivity index (χ1n) is 11.4. The number of hydrogen-bond donors (Lipinski definition) is 2. The molecule has 2 N–H and O–H groups in total. The van der Waals surface area contributed by atoms with Crippen molar-refractivity contribution in [2.24, 2.45) is 0 Å². The average Bonchev–Trinajstić information content (AvgIpc) is 3.10. The van der Waals surface area contributed by atoms with Crippen LogP contribution in [-0.2, 0) is 26.1 Å². The van der Waals surface area contributed by atoms with E-state index in [1.807, 2.05) is 45.0 Å². The van der Waals surface area contributed by atoms with Crippen LogP contribution in [0.15, 0.2) is 48.5 Å². The average molecular weight is 455 g/mol. The Kier molecular flexibility index (Phi) is 6.43. The highest BCUT2D eigenvalue weighted by Gasteiger charge is 2.44. The predicted molar refractivity (Wildman–Crippen MR) is 122 cm³/mol. The van der Waals surface area contributed by atoms with Gasteiger partial charge < -0.3 is 20.1 Å². The lowest BCUT2D eigenvalue weighted by Crippen LogP contribution is -2.53. The molecule has 2 aromatic rings. The quantitative estimate of drug-likeness (QED) is 0.727. The Balaban J connectivity index is 1.59. The summed E-state index contributed by atoms with van der Waals surface area (Å²) in [5, 5.41) is 6.17. The van der Waals surface area contributed by atoms with Gasteiger partial charge in [-0.2, -0.15) is 0 Å². The molecule has 0 unspecified atom stereocenters. The number of ether oxygens (including phenoxy) is 2. The maximum Gasteiger partial charge on any atom is 0.408 e. The molecule has 0 bridgehead atoms. The molecule has 2 atom stereocenters. The van der Waals surface area contributed by atoms with Crippen molar-refractivity contribution < 1.29 is 23.5 Å². The summed E-state index contributed by atoms with van der Waals surface area (Å²) in [6.45, 7) is 6.34. The monoisotopic (exact) mass is 454 g/mol. The second-order valence-electron chi connectivity index (χ2n) is 9.81. The number of carbonyl (C=O) groups is 2. The summed E-state index contributed by atoms with van der Waals surface area (Å²) in [6, 6.07) is 13.2. The molecular weight excluding hydrogens is 423 g/mol. The fourth-order valence-corrected chi connectivity index (χ4v) is 4.78.